The van der Waals surface area contributed by atoms with Crippen LogP contribution in [0.25, 0.3) is 0 Å². The van der Waals surface area contributed by atoms with E-state index in [1.807, 2.05) is 17.3 Å². The van der Waals surface area contributed by atoms with E-state index in [9.17, 15) is 4.79 Å². The number of rotatable bonds is 5. The predicted molar refractivity (Wildman–Crippen MR) is 73.8 cm³/mol. The number of nitrogens with zero attached hydrogens (tertiary/aromatic N) is 3. The van der Waals surface area contributed by atoms with E-state index in [0.29, 0.717) is 25.0 Å². The van der Waals surface area contributed by atoms with Crippen molar-refractivity contribution in [3.8, 4) is 0 Å². The monoisotopic (exact) mass is 263 g/mol. The molecule has 6 nitrogen and oxygen atoms in total. The lowest BCUT2D eigenvalue weighted by Crippen LogP contribution is -2.48. The number of carbonyl (C=O) groups excluding carboxylic acids is 1. The first-order valence-corrected chi connectivity index (χ1v) is 6.68. The summed E-state index contributed by atoms with van der Waals surface area (Å²) in [7, 11) is 0. The average molecular weight is 263 g/mol. The van der Waals surface area contributed by atoms with Gasteiger partial charge in [-0.1, -0.05) is 13.8 Å². The van der Waals surface area contributed by atoms with Crippen molar-refractivity contribution in [1.82, 2.24) is 20.6 Å². The Hall–Kier alpha value is -1.69. The lowest BCUT2D eigenvalue weighted by Gasteiger charge is -2.26. The Balaban J connectivity index is 1.88. The smallest absolute Gasteiger partial charge is 0.239 e. The van der Waals surface area contributed by atoms with E-state index in [0.717, 1.165) is 25.2 Å². The summed E-state index contributed by atoms with van der Waals surface area (Å²) in [6.45, 7) is 7.86. The van der Waals surface area contributed by atoms with E-state index in [2.05, 4.69) is 34.4 Å². The number of aromatic nitrogens is 2. The van der Waals surface area contributed by atoms with Gasteiger partial charge in [-0.05, 0) is 12.5 Å². The first-order chi connectivity index (χ1) is 9.15. The van der Waals surface area contributed by atoms with Crippen molar-refractivity contribution in [1.29, 1.82) is 0 Å². The maximum Gasteiger partial charge on any atom is 0.239 e. The fourth-order valence-corrected chi connectivity index (χ4v) is 1.92. The highest BCUT2D eigenvalue weighted by atomic mass is 16.2. The highest BCUT2D eigenvalue weighted by molar-refractivity contribution is 5.81. The Morgan fingerprint density at radius 1 is 1.42 bits per heavy atom. The largest absolute Gasteiger partial charge is 0.353 e. The zero-order valence-electron chi connectivity index (χ0n) is 11.5. The maximum absolute atomic E-state index is 11.3. The van der Waals surface area contributed by atoms with Gasteiger partial charge in [-0.15, -0.1) is 0 Å². The molecule has 1 aromatic heterocycles. The summed E-state index contributed by atoms with van der Waals surface area (Å²) >= 11 is 0. The van der Waals surface area contributed by atoms with Gasteiger partial charge in [-0.2, -0.15) is 0 Å². The molecule has 2 N–H and O–H groups in total. The molecule has 0 unspecified atom stereocenters. The number of hydrogen-bond donors (Lipinski definition) is 2. The molecule has 1 amide bonds. The predicted octanol–water partition coefficient (Wildman–Crippen LogP) is 0.158. The molecule has 0 radical (unpaired) electrons. The van der Waals surface area contributed by atoms with Gasteiger partial charge in [0.15, 0.2) is 0 Å². The van der Waals surface area contributed by atoms with Gasteiger partial charge in [0.1, 0.15) is 0 Å². The first kappa shape index (κ1) is 13.7. The molecule has 0 aromatic carbocycles. The van der Waals surface area contributed by atoms with Crippen molar-refractivity contribution in [3.05, 3.63) is 18.0 Å². The SMILES string of the molecule is CC(C)CNCc1cnc(N2CCNC(=O)C2)nc1. The third-order valence-corrected chi connectivity index (χ3v) is 2.89. The molecule has 1 aliphatic heterocycles. The third kappa shape index (κ3) is 4.17. The Bertz CT molecular complexity index is 418. The molecule has 0 saturated carbocycles. The Labute approximate surface area is 113 Å². The Kier molecular flexibility index (Phi) is 4.68. The second kappa shape index (κ2) is 6.47. The Morgan fingerprint density at radius 2 is 2.16 bits per heavy atom. The molecule has 1 fully saturated rings. The summed E-state index contributed by atoms with van der Waals surface area (Å²) in [6, 6.07) is 0. The molecule has 1 saturated heterocycles. The van der Waals surface area contributed by atoms with Crippen molar-refractivity contribution in [2.75, 3.05) is 31.1 Å². The lowest BCUT2D eigenvalue weighted by atomic mass is 10.2. The van der Waals surface area contributed by atoms with Crippen LogP contribution in [-0.2, 0) is 11.3 Å². The highest BCUT2D eigenvalue weighted by Crippen LogP contribution is 2.08. The lowest BCUT2D eigenvalue weighted by molar-refractivity contribution is -0.120. The molecular weight excluding hydrogens is 242 g/mol. The zero-order valence-corrected chi connectivity index (χ0v) is 11.5. The average Bonchev–Trinajstić information content (AvgIpc) is 2.39. The van der Waals surface area contributed by atoms with Crippen LogP contribution in [0.3, 0.4) is 0 Å². The van der Waals surface area contributed by atoms with E-state index in [1.54, 1.807) is 0 Å². The number of carbonyl (C=O) groups is 1. The highest BCUT2D eigenvalue weighted by Gasteiger charge is 2.18. The topological polar surface area (TPSA) is 70.2 Å². The van der Waals surface area contributed by atoms with Gasteiger partial charge in [0.05, 0.1) is 6.54 Å². The number of amides is 1. The summed E-state index contributed by atoms with van der Waals surface area (Å²) in [6.07, 6.45) is 3.64. The molecule has 1 aromatic rings. The minimum absolute atomic E-state index is 0.0255. The van der Waals surface area contributed by atoms with Crippen LogP contribution in [0.1, 0.15) is 19.4 Å². The Morgan fingerprint density at radius 3 is 2.79 bits per heavy atom. The summed E-state index contributed by atoms with van der Waals surface area (Å²) in [5.74, 6) is 1.28. The zero-order chi connectivity index (χ0) is 13.7. The second-order valence-electron chi connectivity index (χ2n) is 5.19. The molecule has 6 heteroatoms. The van der Waals surface area contributed by atoms with Crippen molar-refractivity contribution in [2.45, 2.75) is 20.4 Å². The normalized spacial score (nSPS) is 15.7. The molecule has 2 heterocycles. The molecule has 19 heavy (non-hydrogen) atoms. The molecule has 0 aliphatic carbocycles. The van der Waals surface area contributed by atoms with Crippen LogP contribution in [0.5, 0.6) is 0 Å². The first-order valence-electron chi connectivity index (χ1n) is 6.68. The van der Waals surface area contributed by atoms with Crippen LogP contribution in [0.4, 0.5) is 5.95 Å². The molecule has 1 aliphatic rings. The van der Waals surface area contributed by atoms with Gasteiger partial charge in [0.25, 0.3) is 0 Å². The number of anilines is 1. The van der Waals surface area contributed by atoms with E-state index in [-0.39, 0.29) is 5.91 Å². The van der Waals surface area contributed by atoms with Crippen molar-refractivity contribution in [2.24, 2.45) is 5.92 Å². The van der Waals surface area contributed by atoms with Crippen LogP contribution < -0.4 is 15.5 Å². The third-order valence-electron chi connectivity index (χ3n) is 2.89. The van der Waals surface area contributed by atoms with Gasteiger partial charge in [0, 0.05) is 37.6 Å². The number of hydrogen-bond acceptors (Lipinski definition) is 5. The molecule has 0 bridgehead atoms. The second-order valence-corrected chi connectivity index (χ2v) is 5.19. The maximum atomic E-state index is 11.3. The van der Waals surface area contributed by atoms with E-state index in [1.165, 1.54) is 0 Å². The van der Waals surface area contributed by atoms with Gasteiger partial charge in [-0.25, -0.2) is 9.97 Å². The summed E-state index contributed by atoms with van der Waals surface area (Å²) in [5.41, 5.74) is 1.06. The van der Waals surface area contributed by atoms with Crippen molar-refractivity contribution in [3.63, 3.8) is 0 Å². The van der Waals surface area contributed by atoms with Crippen molar-refractivity contribution < 1.29 is 4.79 Å². The number of piperazine rings is 1. The molecule has 104 valence electrons. The van der Waals surface area contributed by atoms with E-state index >= 15 is 0 Å². The minimum Gasteiger partial charge on any atom is -0.353 e. The van der Waals surface area contributed by atoms with Gasteiger partial charge in [-0.3, -0.25) is 4.79 Å². The standard InChI is InChI=1S/C13H21N5O/c1-10(2)5-14-6-11-7-16-13(17-8-11)18-4-3-15-12(19)9-18/h7-8,10,14H,3-6,9H2,1-2H3,(H,15,19). The molecular formula is C13H21N5O. The molecule has 0 atom stereocenters. The molecule has 2 rings (SSSR count). The van der Waals surface area contributed by atoms with Crippen LogP contribution in [0, 0.1) is 5.92 Å². The minimum atomic E-state index is 0.0255. The van der Waals surface area contributed by atoms with Crippen LogP contribution in [-0.4, -0.2) is 42.1 Å². The fraction of sp³-hybridized carbons (Fsp3) is 0.615. The van der Waals surface area contributed by atoms with Gasteiger partial charge < -0.3 is 15.5 Å². The van der Waals surface area contributed by atoms with Gasteiger partial charge >= 0.3 is 0 Å². The number of nitrogens with one attached hydrogen (secondary N) is 2. The van der Waals surface area contributed by atoms with E-state index in [4.69, 9.17) is 0 Å². The summed E-state index contributed by atoms with van der Waals surface area (Å²) in [4.78, 5) is 21.9. The molecule has 0 spiro atoms. The van der Waals surface area contributed by atoms with Crippen LogP contribution in [0.15, 0.2) is 12.4 Å². The fourth-order valence-electron chi connectivity index (χ4n) is 1.92. The van der Waals surface area contributed by atoms with Crippen LogP contribution in [0.2, 0.25) is 0 Å². The van der Waals surface area contributed by atoms with E-state index < -0.39 is 0 Å². The summed E-state index contributed by atoms with van der Waals surface area (Å²) < 4.78 is 0. The van der Waals surface area contributed by atoms with Crippen LogP contribution >= 0.6 is 0 Å². The quantitative estimate of drug-likeness (QED) is 0.792. The van der Waals surface area contributed by atoms with Crippen molar-refractivity contribution >= 4 is 11.9 Å². The van der Waals surface area contributed by atoms with Gasteiger partial charge in [0.2, 0.25) is 11.9 Å². The summed E-state index contributed by atoms with van der Waals surface area (Å²) in [5, 5.41) is 6.13.